The summed E-state index contributed by atoms with van der Waals surface area (Å²) >= 11 is 0. The fraction of sp³-hybridized carbons (Fsp3) is 0.500. The third kappa shape index (κ3) is 2.30. The highest BCUT2D eigenvalue weighted by Crippen LogP contribution is 2.46. The molecule has 0 bridgehead atoms. The van der Waals surface area contributed by atoms with E-state index in [-0.39, 0.29) is 23.6 Å². The highest BCUT2D eigenvalue weighted by molar-refractivity contribution is 5.84. The van der Waals surface area contributed by atoms with Crippen LogP contribution in [-0.2, 0) is 9.53 Å². The van der Waals surface area contributed by atoms with Crippen molar-refractivity contribution in [3.63, 3.8) is 0 Å². The monoisotopic (exact) mass is 285 g/mol. The Kier molecular flexibility index (Phi) is 3.85. The zero-order valence-electron chi connectivity index (χ0n) is 12.6. The van der Waals surface area contributed by atoms with Gasteiger partial charge in [0.15, 0.2) is 0 Å². The quantitative estimate of drug-likeness (QED) is 0.790. The lowest BCUT2D eigenvalue weighted by Gasteiger charge is -2.43. The molecule has 1 aromatic rings. The van der Waals surface area contributed by atoms with Gasteiger partial charge in [0, 0.05) is 0 Å². The van der Waals surface area contributed by atoms with E-state index in [1.54, 1.807) is 0 Å². The highest BCUT2D eigenvalue weighted by Gasteiger charge is 2.50. The van der Waals surface area contributed by atoms with E-state index in [2.05, 4.69) is 25.6 Å². The first-order chi connectivity index (χ1) is 10.2. The fourth-order valence-electron chi connectivity index (χ4n) is 3.71. The van der Waals surface area contributed by atoms with E-state index in [0.717, 1.165) is 25.7 Å². The molecular weight excluding hydrogens is 262 g/mol. The van der Waals surface area contributed by atoms with Gasteiger partial charge in [-0.25, -0.2) is 0 Å². The first-order valence-corrected chi connectivity index (χ1v) is 7.82. The number of fused-ring (bicyclic) bond motifs is 1. The molecule has 0 aliphatic carbocycles. The van der Waals surface area contributed by atoms with Crippen molar-refractivity contribution in [1.29, 1.82) is 0 Å². The molecule has 2 fully saturated rings. The Morgan fingerprint density at radius 3 is 2.86 bits per heavy atom. The highest BCUT2D eigenvalue weighted by atomic mass is 16.5. The van der Waals surface area contributed by atoms with Crippen molar-refractivity contribution >= 4 is 5.91 Å². The molecule has 3 rings (SSSR count). The van der Waals surface area contributed by atoms with Crippen LogP contribution in [0, 0.1) is 5.41 Å². The normalized spacial score (nSPS) is 32.0. The minimum Gasteiger partial charge on any atom is -0.356 e. The summed E-state index contributed by atoms with van der Waals surface area (Å²) in [6, 6.07) is 10.3. The molecule has 2 heterocycles. The van der Waals surface area contributed by atoms with Crippen molar-refractivity contribution in [3.8, 4) is 0 Å². The Morgan fingerprint density at radius 1 is 1.43 bits per heavy atom. The smallest absolute Gasteiger partial charge is 0.231 e. The lowest BCUT2D eigenvalue weighted by atomic mass is 9.73. The molecule has 0 spiro atoms. The third-order valence-electron chi connectivity index (χ3n) is 5.05. The molecule has 1 amide bonds. The van der Waals surface area contributed by atoms with Crippen LogP contribution in [0.1, 0.15) is 44.2 Å². The van der Waals surface area contributed by atoms with Crippen LogP contribution >= 0.6 is 0 Å². The maximum atomic E-state index is 13.1. The van der Waals surface area contributed by atoms with Crippen LogP contribution in [0.2, 0.25) is 0 Å². The van der Waals surface area contributed by atoms with E-state index in [9.17, 15) is 4.79 Å². The number of amides is 1. The van der Waals surface area contributed by atoms with E-state index in [1.165, 1.54) is 5.56 Å². The van der Waals surface area contributed by atoms with Crippen molar-refractivity contribution in [2.24, 2.45) is 5.41 Å². The maximum absolute atomic E-state index is 13.1. The van der Waals surface area contributed by atoms with E-state index < -0.39 is 0 Å². The molecule has 3 heteroatoms. The summed E-state index contributed by atoms with van der Waals surface area (Å²) in [6.45, 7) is 6.56. The summed E-state index contributed by atoms with van der Waals surface area (Å²) in [6.07, 6.45) is 5.28. The summed E-state index contributed by atoms with van der Waals surface area (Å²) in [4.78, 5) is 15.1. The molecule has 1 aromatic carbocycles. The van der Waals surface area contributed by atoms with Crippen LogP contribution in [0.4, 0.5) is 0 Å². The summed E-state index contributed by atoms with van der Waals surface area (Å²) < 4.78 is 5.89. The predicted molar refractivity (Wildman–Crippen MR) is 82.5 cm³/mol. The molecule has 3 nitrogen and oxygen atoms in total. The molecule has 2 saturated heterocycles. The number of carbonyl (C=O) groups is 1. The summed E-state index contributed by atoms with van der Waals surface area (Å²) in [5, 5.41) is 0. The standard InChI is InChI=1S/C18H23NO2/c1-3-11-18(4-2)12-10-16-19(17(18)20)15(13-21-16)14-8-6-5-7-9-14/h3,5-9,15-16H,1,4,10-13H2,2H3/t15-,16+,18+/m0/s1. The Hall–Kier alpha value is -1.61. The average Bonchev–Trinajstić information content (AvgIpc) is 2.96. The van der Waals surface area contributed by atoms with Gasteiger partial charge in [0.25, 0.3) is 0 Å². The number of rotatable bonds is 4. The number of hydrogen-bond donors (Lipinski definition) is 0. The second-order valence-corrected chi connectivity index (χ2v) is 6.09. The number of ether oxygens (including phenoxy) is 1. The average molecular weight is 285 g/mol. The number of nitrogens with zero attached hydrogens (tertiary/aromatic N) is 1. The largest absolute Gasteiger partial charge is 0.356 e. The Balaban J connectivity index is 1.92. The van der Waals surface area contributed by atoms with E-state index in [4.69, 9.17) is 4.74 Å². The Morgan fingerprint density at radius 2 is 2.19 bits per heavy atom. The van der Waals surface area contributed by atoms with Crippen LogP contribution in [0.5, 0.6) is 0 Å². The zero-order valence-corrected chi connectivity index (χ0v) is 12.6. The first kappa shape index (κ1) is 14.3. The molecule has 112 valence electrons. The van der Waals surface area contributed by atoms with Gasteiger partial charge in [-0.15, -0.1) is 6.58 Å². The molecule has 0 saturated carbocycles. The van der Waals surface area contributed by atoms with Gasteiger partial charge in [0.2, 0.25) is 5.91 Å². The van der Waals surface area contributed by atoms with Gasteiger partial charge < -0.3 is 9.64 Å². The van der Waals surface area contributed by atoms with Crippen LogP contribution in [-0.4, -0.2) is 23.6 Å². The van der Waals surface area contributed by atoms with E-state index >= 15 is 0 Å². The molecule has 0 radical (unpaired) electrons. The minimum atomic E-state index is -0.279. The Labute approximate surface area is 126 Å². The van der Waals surface area contributed by atoms with Crippen molar-refractivity contribution in [2.45, 2.75) is 44.9 Å². The molecule has 0 aromatic heterocycles. The van der Waals surface area contributed by atoms with Gasteiger partial charge in [-0.1, -0.05) is 43.3 Å². The molecule has 2 aliphatic rings. The molecule has 0 unspecified atom stereocenters. The second-order valence-electron chi connectivity index (χ2n) is 6.09. The second kappa shape index (κ2) is 5.64. The van der Waals surface area contributed by atoms with Crippen molar-refractivity contribution < 1.29 is 9.53 Å². The van der Waals surface area contributed by atoms with Gasteiger partial charge in [0.1, 0.15) is 6.23 Å². The van der Waals surface area contributed by atoms with Gasteiger partial charge in [0.05, 0.1) is 18.1 Å². The van der Waals surface area contributed by atoms with Crippen molar-refractivity contribution in [1.82, 2.24) is 4.90 Å². The number of carbonyl (C=O) groups excluding carboxylic acids is 1. The number of hydrogen-bond acceptors (Lipinski definition) is 2. The SMILES string of the molecule is C=CC[C@]1(CC)CC[C@H]2OC[C@@H](c3ccccc3)N2C1=O. The molecule has 0 N–H and O–H groups in total. The number of allylic oxidation sites excluding steroid dienone is 1. The lowest BCUT2D eigenvalue weighted by Crippen LogP contribution is -2.51. The maximum Gasteiger partial charge on any atom is 0.231 e. The minimum absolute atomic E-state index is 0.0489. The van der Waals surface area contributed by atoms with Gasteiger partial charge >= 0.3 is 0 Å². The Bertz CT molecular complexity index is 527. The third-order valence-corrected chi connectivity index (χ3v) is 5.05. The van der Waals surface area contributed by atoms with E-state index in [1.807, 2.05) is 29.2 Å². The number of piperidine rings is 1. The zero-order chi connectivity index (χ0) is 14.9. The predicted octanol–water partition coefficient (Wildman–Crippen LogP) is 3.68. The molecule has 3 atom stereocenters. The topological polar surface area (TPSA) is 29.5 Å². The summed E-state index contributed by atoms with van der Waals surface area (Å²) in [5.74, 6) is 0.243. The van der Waals surface area contributed by atoms with Crippen molar-refractivity contribution in [3.05, 3.63) is 48.6 Å². The van der Waals surface area contributed by atoms with Crippen LogP contribution in [0.3, 0.4) is 0 Å². The fourth-order valence-corrected chi connectivity index (χ4v) is 3.71. The molecule has 21 heavy (non-hydrogen) atoms. The van der Waals surface area contributed by atoms with Crippen LogP contribution < -0.4 is 0 Å². The summed E-state index contributed by atoms with van der Waals surface area (Å²) in [7, 11) is 0. The van der Waals surface area contributed by atoms with Gasteiger partial charge in [-0.2, -0.15) is 0 Å². The van der Waals surface area contributed by atoms with Gasteiger partial charge in [-0.3, -0.25) is 4.79 Å². The van der Waals surface area contributed by atoms with Crippen molar-refractivity contribution in [2.75, 3.05) is 6.61 Å². The van der Waals surface area contributed by atoms with E-state index in [0.29, 0.717) is 6.61 Å². The lowest BCUT2D eigenvalue weighted by molar-refractivity contribution is -0.157. The molecule has 2 aliphatic heterocycles. The first-order valence-electron chi connectivity index (χ1n) is 7.82. The summed E-state index contributed by atoms with van der Waals surface area (Å²) in [5.41, 5.74) is 0.887. The number of benzene rings is 1. The van der Waals surface area contributed by atoms with Crippen LogP contribution in [0.15, 0.2) is 43.0 Å². The van der Waals surface area contributed by atoms with Crippen LogP contribution in [0.25, 0.3) is 0 Å². The van der Waals surface area contributed by atoms with Gasteiger partial charge in [-0.05, 0) is 31.2 Å². The molecular formula is C18H23NO2.